The maximum atomic E-state index is 13.4. The molecule has 0 fully saturated rings. The molecule has 3 nitrogen and oxygen atoms in total. The number of hydrogen-bond donors (Lipinski definition) is 1. The van der Waals surface area contributed by atoms with E-state index in [4.69, 9.17) is 4.74 Å². The molecule has 0 aliphatic heterocycles. The highest BCUT2D eigenvalue weighted by Gasteiger charge is 2.13. The summed E-state index contributed by atoms with van der Waals surface area (Å²) >= 11 is 0. The van der Waals surface area contributed by atoms with Gasteiger partial charge in [-0.25, -0.2) is 4.39 Å². The van der Waals surface area contributed by atoms with Gasteiger partial charge in [0.15, 0.2) is 11.6 Å². The van der Waals surface area contributed by atoms with E-state index in [1.165, 1.54) is 13.2 Å². The Kier molecular flexibility index (Phi) is 4.69. The van der Waals surface area contributed by atoms with E-state index < -0.39 is 0 Å². The number of nitrogens with one attached hydrogen (secondary N) is 1. The average Bonchev–Trinajstić information content (AvgIpc) is 2.48. The first-order valence-corrected chi connectivity index (χ1v) is 6.61. The van der Waals surface area contributed by atoms with E-state index in [2.05, 4.69) is 17.2 Å². The standard InChI is InChI=1S/C16H19FN2O/c1-11(13-6-7-15(17)16(9-13)20-3)19-12(2)14-5-4-8-18-10-14/h4-12,19H,1-3H3/t11?,12-/m0/s1. The Balaban J connectivity index is 2.10. The van der Waals surface area contributed by atoms with Gasteiger partial charge in [-0.15, -0.1) is 0 Å². The fourth-order valence-corrected chi connectivity index (χ4v) is 2.15. The van der Waals surface area contributed by atoms with E-state index >= 15 is 0 Å². The van der Waals surface area contributed by atoms with Gasteiger partial charge >= 0.3 is 0 Å². The van der Waals surface area contributed by atoms with Crippen LogP contribution < -0.4 is 10.1 Å². The number of halogens is 1. The fourth-order valence-electron chi connectivity index (χ4n) is 2.15. The molecule has 0 saturated carbocycles. The zero-order chi connectivity index (χ0) is 14.5. The minimum atomic E-state index is -0.344. The van der Waals surface area contributed by atoms with Crippen LogP contribution in [0, 0.1) is 5.82 Å². The number of aromatic nitrogens is 1. The summed E-state index contributed by atoms with van der Waals surface area (Å²) in [6, 6.07) is 9.12. The number of ether oxygens (including phenoxy) is 1. The number of benzene rings is 1. The molecule has 2 aromatic rings. The third-order valence-electron chi connectivity index (χ3n) is 3.36. The van der Waals surface area contributed by atoms with E-state index in [1.54, 1.807) is 18.3 Å². The van der Waals surface area contributed by atoms with Gasteiger partial charge in [-0.05, 0) is 43.2 Å². The third kappa shape index (κ3) is 3.33. The van der Waals surface area contributed by atoms with Crippen molar-refractivity contribution in [3.8, 4) is 5.75 Å². The minimum absolute atomic E-state index is 0.0831. The summed E-state index contributed by atoms with van der Waals surface area (Å²) in [5.41, 5.74) is 2.10. The van der Waals surface area contributed by atoms with Crippen molar-refractivity contribution in [2.24, 2.45) is 0 Å². The molecule has 1 N–H and O–H groups in total. The second kappa shape index (κ2) is 6.48. The Morgan fingerprint density at radius 2 is 1.90 bits per heavy atom. The highest BCUT2D eigenvalue weighted by molar-refractivity contribution is 5.32. The van der Waals surface area contributed by atoms with Crippen LogP contribution in [-0.2, 0) is 0 Å². The molecule has 2 rings (SSSR count). The van der Waals surface area contributed by atoms with Gasteiger partial charge in [0, 0.05) is 24.5 Å². The highest BCUT2D eigenvalue weighted by Crippen LogP contribution is 2.24. The number of hydrogen-bond acceptors (Lipinski definition) is 3. The number of nitrogens with zero attached hydrogens (tertiary/aromatic N) is 1. The summed E-state index contributed by atoms with van der Waals surface area (Å²) in [4.78, 5) is 4.12. The van der Waals surface area contributed by atoms with E-state index in [9.17, 15) is 4.39 Å². The van der Waals surface area contributed by atoms with Gasteiger partial charge in [-0.3, -0.25) is 4.98 Å². The molecule has 1 aromatic carbocycles. The highest BCUT2D eigenvalue weighted by atomic mass is 19.1. The van der Waals surface area contributed by atoms with Gasteiger partial charge in [0.25, 0.3) is 0 Å². The summed E-state index contributed by atoms with van der Waals surface area (Å²) in [7, 11) is 1.47. The van der Waals surface area contributed by atoms with Crippen molar-refractivity contribution in [1.29, 1.82) is 0 Å². The largest absolute Gasteiger partial charge is 0.494 e. The van der Waals surface area contributed by atoms with Crippen LogP contribution in [0.5, 0.6) is 5.75 Å². The average molecular weight is 274 g/mol. The Labute approximate surface area is 118 Å². The molecule has 0 amide bonds. The molecule has 0 aliphatic carbocycles. The van der Waals surface area contributed by atoms with Crippen LogP contribution in [0.15, 0.2) is 42.7 Å². The van der Waals surface area contributed by atoms with Gasteiger partial charge in [-0.1, -0.05) is 12.1 Å². The first kappa shape index (κ1) is 14.5. The van der Waals surface area contributed by atoms with Crippen LogP contribution in [-0.4, -0.2) is 12.1 Å². The Morgan fingerprint density at radius 3 is 2.55 bits per heavy atom. The summed E-state index contributed by atoms with van der Waals surface area (Å²) in [6.45, 7) is 4.12. The van der Waals surface area contributed by atoms with E-state index in [0.717, 1.165) is 11.1 Å². The second-order valence-electron chi connectivity index (χ2n) is 4.79. The fraction of sp³-hybridized carbons (Fsp3) is 0.312. The summed E-state index contributed by atoms with van der Waals surface area (Å²) in [5, 5.41) is 3.47. The molecule has 0 aliphatic rings. The lowest BCUT2D eigenvalue weighted by Gasteiger charge is -2.21. The molecule has 20 heavy (non-hydrogen) atoms. The molecule has 106 valence electrons. The van der Waals surface area contributed by atoms with Crippen LogP contribution in [0.2, 0.25) is 0 Å². The molecule has 1 heterocycles. The maximum Gasteiger partial charge on any atom is 0.165 e. The lowest BCUT2D eigenvalue weighted by molar-refractivity contribution is 0.384. The normalized spacial score (nSPS) is 13.8. The van der Waals surface area contributed by atoms with Crippen molar-refractivity contribution >= 4 is 0 Å². The Bertz CT molecular complexity index is 560. The molecule has 0 radical (unpaired) electrons. The minimum Gasteiger partial charge on any atom is -0.494 e. The van der Waals surface area contributed by atoms with E-state index in [-0.39, 0.29) is 23.7 Å². The van der Waals surface area contributed by atoms with E-state index in [0.29, 0.717) is 0 Å². The Morgan fingerprint density at radius 1 is 1.15 bits per heavy atom. The van der Waals surface area contributed by atoms with Gasteiger partial charge in [0.1, 0.15) is 0 Å². The number of rotatable bonds is 5. The molecular formula is C16H19FN2O. The van der Waals surface area contributed by atoms with Crippen molar-refractivity contribution in [3.63, 3.8) is 0 Å². The van der Waals surface area contributed by atoms with Gasteiger partial charge in [-0.2, -0.15) is 0 Å². The van der Waals surface area contributed by atoms with Crippen molar-refractivity contribution in [2.75, 3.05) is 7.11 Å². The maximum absolute atomic E-state index is 13.4. The van der Waals surface area contributed by atoms with Crippen molar-refractivity contribution < 1.29 is 9.13 Å². The van der Waals surface area contributed by atoms with Gasteiger partial charge < -0.3 is 10.1 Å². The summed E-state index contributed by atoms with van der Waals surface area (Å²) in [5.74, 6) is -0.0751. The molecule has 1 aromatic heterocycles. The Hall–Kier alpha value is -1.94. The lowest BCUT2D eigenvalue weighted by Crippen LogP contribution is -2.22. The molecule has 1 unspecified atom stereocenters. The van der Waals surface area contributed by atoms with Crippen LogP contribution in [0.3, 0.4) is 0 Å². The van der Waals surface area contributed by atoms with Gasteiger partial charge in [0.2, 0.25) is 0 Å². The van der Waals surface area contributed by atoms with E-state index in [1.807, 2.05) is 25.3 Å². The first-order chi connectivity index (χ1) is 9.61. The van der Waals surface area contributed by atoms with Crippen molar-refractivity contribution in [3.05, 3.63) is 59.7 Å². The predicted molar refractivity (Wildman–Crippen MR) is 77.2 cm³/mol. The lowest BCUT2D eigenvalue weighted by atomic mass is 10.0. The van der Waals surface area contributed by atoms with Gasteiger partial charge in [0.05, 0.1) is 7.11 Å². The summed E-state index contributed by atoms with van der Waals surface area (Å²) < 4.78 is 18.4. The van der Waals surface area contributed by atoms with Crippen LogP contribution in [0.4, 0.5) is 4.39 Å². The smallest absolute Gasteiger partial charge is 0.165 e. The van der Waals surface area contributed by atoms with Crippen LogP contribution in [0.25, 0.3) is 0 Å². The van der Waals surface area contributed by atoms with Crippen LogP contribution >= 0.6 is 0 Å². The SMILES string of the molecule is COc1cc(C(C)N[C@@H](C)c2cccnc2)ccc1F. The molecule has 0 bridgehead atoms. The first-order valence-electron chi connectivity index (χ1n) is 6.61. The number of pyridine rings is 1. The zero-order valence-electron chi connectivity index (χ0n) is 11.9. The number of methoxy groups -OCH3 is 1. The topological polar surface area (TPSA) is 34.1 Å². The zero-order valence-corrected chi connectivity index (χ0v) is 11.9. The second-order valence-corrected chi connectivity index (χ2v) is 4.79. The van der Waals surface area contributed by atoms with Crippen LogP contribution in [0.1, 0.15) is 37.1 Å². The third-order valence-corrected chi connectivity index (χ3v) is 3.36. The van der Waals surface area contributed by atoms with Crippen molar-refractivity contribution in [1.82, 2.24) is 10.3 Å². The molecule has 2 atom stereocenters. The quantitative estimate of drug-likeness (QED) is 0.903. The monoisotopic (exact) mass is 274 g/mol. The molecule has 0 saturated heterocycles. The molecule has 4 heteroatoms. The molecule has 0 spiro atoms. The summed E-state index contributed by atoms with van der Waals surface area (Å²) in [6.07, 6.45) is 3.60. The molecular weight excluding hydrogens is 255 g/mol. The van der Waals surface area contributed by atoms with Crippen molar-refractivity contribution in [2.45, 2.75) is 25.9 Å². The predicted octanol–water partition coefficient (Wildman–Crippen LogP) is 3.64.